The molecule has 3 heterocycles. The molecule has 0 radical (unpaired) electrons. The number of pyridine rings is 1. The number of benzene rings is 1. The Balaban J connectivity index is 1.41. The van der Waals surface area contributed by atoms with Gasteiger partial charge in [0.15, 0.2) is 0 Å². The Bertz CT molecular complexity index is 882. The second-order valence-corrected chi connectivity index (χ2v) is 7.68. The fourth-order valence-corrected chi connectivity index (χ4v) is 4.36. The molecule has 1 atom stereocenters. The third-order valence-electron chi connectivity index (χ3n) is 4.93. The molecule has 2 aromatic heterocycles. The zero-order valence-corrected chi connectivity index (χ0v) is 15.6. The number of nitrogens with zero attached hydrogens (tertiary/aromatic N) is 4. The van der Waals surface area contributed by atoms with E-state index in [4.69, 9.17) is 4.98 Å². The number of fused-ring (bicyclic) bond motifs is 1. The first kappa shape index (κ1) is 18.2. The molecule has 27 heavy (non-hydrogen) atoms. The zero-order valence-electron chi connectivity index (χ0n) is 14.8. The van der Waals surface area contributed by atoms with Crippen LogP contribution in [0.15, 0.2) is 42.6 Å². The van der Waals surface area contributed by atoms with Crippen LogP contribution in [0, 0.1) is 0 Å². The van der Waals surface area contributed by atoms with Crippen molar-refractivity contribution in [3.8, 4) is 0 Å². The molecular formula is C19H19F3N4S. The van der Waals surface area contributed by atoms with Gasteiger partial charge in [0.25, 0.3) is 0 Å². The van der Waals surface area contributed by atoms with Crippen molar-refractivity contribution in [1.82, 2.24) is 14.9 Å². The predicted octanol–water partition coefficient (Wildman–Crippen LogP) is 4.59. The largest absolute Gasteiger partial charge is 0.417 e. The molecule has 1 aromatic carbocycles. The number of para-hydroxylation sites is 1. The summed E-state index contributed by atoms with van der Waals surface area (Å²) in [6, 6.07) is 10.9. The Morgan fingerprint density at radius 2 is 1.78 bits per heavy atom. The van der Waals surface area contributed by atoms with Gasteiger partial charge in [0, 0.05) is 32.4 Å². The summed E-state index contributed by atoms with van der Waals surface area (Å²) in [6.07, 6.45) is -3.44. The zero-order chi connectivity index (χ0) is 19.0. The summed E-state index contributed by atoms with van der Waals surface area (Å²) in [4.78, 5) is 13.1. The smallest absolute Gasteiger partial charge is 0.354 e. The minimum absolute atomic E-state index is 0.213. The summed E-state index contributed by atoms with van der Waals surface area (Å²) in [5, 5.41) is 1.09. The van der Waals surface area contributed by atoms with Crippen LogP contribution in [0.1, 0.15) is 23.5 Å². The van der Waals surface area contributed by atoms with E-state index in [0.717, 1.165) is 49.0 Å². The average molecular weight is 392 g/mol. The first-order valence-electron chi connectivity index (χ1n) is 8.79. The lowest BCUT2D eigenvalue weighted by molar-refractivity contribution is -0.137. The van der Waals surface area contributed by atoms with Gasteiger partial charge < -0.3 is 4.90 Å². The lowest BCUT2D eigenvalue weighted by Gasteiger charge is -2.38. The molecule has 1 saturated heterocycles. The lowest BCUT2D eigenvalue weighted by atomic mass is 10.2. The molecule has 0 amide bonds. The summed E-state index contributed by atoms with van der Waals surface area (Å²) in [5.74, 6) is 0.593. The van der Waals surface area contributed by atoms with E-state index in [1.54, 1.807) is 11.3 Å². The number of aromatic nitrogens is 2. The van der Waals surface area contributed by atoms with Crippen molar-refractivity contribution in [3.05, 3.63) is 53.2 Å². The number of halogens is 3. The van der Waals surface area contributed by atoms with E-state index >= 15 is 0 Å². The van der Waals surface area contributed by atoms with Crippen molar-refractivity contribution in [1.29, 1.82) is 0 Å². The number of hydrogen-bond donors (Lipinski definition) is 0. The van der Waals surface area contributed by atoms with Gasteiger partial charge >= 0.3 is 6.18 Å². The second-order valence-electron chi connectivity index (χ2n) is 6.62. The molecular weight excluding hydrogens is 373 g/mol. The quantitative estimate of drug-likeness (QED) is 0.652. The number of hydrogen-bond acceptors (Lipinski definition) is 5. The Morgan fingerprint density at radius 3 is 2.41 bits per heavy atom. The molecule has 0 N–H and O–H groups in total. The van der Waals surface area contributed by atoms with Crippen LogP contribution in [0.5, 0.6) is 0 Å². The molecule has 8 heteroatoms. The van der Waals surface area contributed by atoms with Crippen LogP contribution in [0.2, 0.25) is 0 Å². The standard InChI is InChI=1S/C19H19F3N4S/c1-13(18-24-15-4-2-3-5-16(15)27-18)25-8-10-26(11-9-25)17-7-6-14(12-23-17)19(20,21)22/h2-7,12-13H,8-11H2,1H3. The molecule has 0 spiro atoms. The van der Waals surface area contributed by atoms with Gasteiger partial charge in [-0.3, -0.25) is 4.90 Å². The number of anilines is 1. The summed E-state index contributed by atoms with van der Waals surface area (Å²) in [5.41, 5.74) is 0.311. The molecule has 1 aliphatic heterocycles. The molecule has 0 bridgehead atoms. The van der Waals surface area contributed by atoms with Crippen molar-refractivity contribution in [2.24, 2.45) is 0 Å². The van der Waals surface area contributed by atoms with Crippen molar-refractivity contribution in [2.45, 2.75) is 19.1 Å². The predicted molar refractivity (Wildman–Crippen MR) is 101 cm³/mol. The lowest BCUT2D eigenvalue weighted by Crippen LogP contribution is -2.47. The summed E-state index contributed by atoms with van der Waals surface area (Å²) >= 11 is 1.71. The fourth-order valence-electron chi connectivity index (χ4n) is 3.30. The van der Waals surface area contributed by atoms with Crippen LogP contribution >= 0.6 is 11.3 Å². The molecule has 3 aromatic rings. The molecule has 1 unspecified atom stereocenters. The maximum Gasteiger partial charge on any atom is 0.417 e. The van der Waals surface area contributed by atoms with Crippen molar-refractivity contribution in [3.63, 3.8) is 0 Å². The highest BCUT2D eigenvalue weighted by atomic mass is 32.1. The number of alkyl halides is 3. The van der Waals surface area contributed by atoms with Gasteiger partial charge in [-0.1, -0.05) is 12.1 Å². The summed E-state index contributed by atoms with van der Waals surface area (Å²) in [7, 11) is 0. The minimum Gasteiger partial charge on any atom is -0.354 e. The Morgan fingerprint density at radius 1 is 1.04 bits per heavy atom. The second kappa shape index (κ2) is 7.09. The van der Waals surface area contributed by atoms with Gasteiger partial charge in [-0.25, -0.2) is 9.97 Å². The number of rotatable bonds is 3. The van der Waals surface area contributed by atoms with E-state index in [1.165, 1.54) is 10.8 Å². The van der Waals surface area contributed by atoms with Gasteiger partial charge in [0.2, 0.25) is 0 Å². The van der Waals surface area contributed by atoms with Crippen LogP contribution < -0.4 is 4.90 Å². The molecule has 142 valence electrons. The van der Waals surface area contributed by atoms with Crippen LogP contribution in [0.25, 0.3) is 10.2 Å². The monoisotopic (exact) mass is 392 g/mol. The molecule has 0 saturated carbocycles. The fraction of sp³-hybridized carbons (Fsp3) is 0.368. The van der Waals surface area contributed by atoms with Crippen LogP contribution in [-0.2, 0) is 6.18 Å². The van der Waals surface area contributed by atoms with Crippen LogP contribution in [0.4, 0.5) is 19.0 Å². The van der Waals surface area contributed by atoms with Crippen LogP contribution in [0.3, 0.4) is 0 Å². The average Bonchev–Trinajstić information content (AvgIpc) is 3.11. The number of thiazole rings is 1. The van der Waals surface area contributed by atoms with E-state index in [2.05, 4.69) is 22.9 Å². The Hall–Kier alpha value is -2.19. The Kier molecular flexibility index (Phi) is 4.77. The van der Waals surface area contributed by atoms with Gasteiger partial charge in [-0.05, 0) is 31.2 Å². The summed E-state index contributed by atoms with van der Waals surface area (Å²) < 4.78 is 39.2. The van der Waals surface area contributed by atoms with E-state index < -0.39 is 11.7 Å². The van der Waals surface area contributed by atoms with Crippen molar-refractivity contribution in [2.75, 3.05) is 31.1 Å². The highest BCUT2D eigenvalue weighted by molar-refractivity contribution is 7.18. The van der Waals surface area contributed by atoms with E-state index in [0.29, 0.717) is 5.82 Å². The molecule has 4 nitrogen and oxygen atoms in total. The first-order valence-corrected chi connectivity index (χ1v) is 9.61. The highest BCUT2D eigenvalue weighted by Gasteiger charge is 2.31. The normalized spacial score (nSPS) is 17.4. The first-order chi connectivity index (χ1) is 12.9. The topological polar surface area (TPSA) is 32.3 Å². The van der Waals surface area contributed by atoms with E-state index in [1.807, 2.05) is 23.1 Å². The maximum atomic E-state index is 12.7. The molecule has 0 aliphatic carbocycles. The molecule has 1 aliphatic rings. The summed E-state index contributed by atoms with van der Waals surface area (Å²) in [6.45, 7) is 5.25. The Labute approximate surface area is 159 Å². The van der Waals surface area contributed by atoms with Gasteiger partial charge in [0.1, 0.15) is 10.8 Å². The maximum absolute atomic E-state index is 12.7. The highest BCUT2D eigenvalue weighted by Crippen LogP contribution is 2.31. The van der Waals surface area contributed by atoms with Gasteiger partial charge in [-0.2, -0.15) is 13.2 Å². The van der Waals surface area contributed by atoms with Crippen molar-refractivity contribution < 1.29 is 13.2 Å². The van der Waals surface area contributed by atoms with E-state index in [9.17, 15) is 13.2 Å². The minimum atomic E-state index is -4.35. The van der Waals surface area contributed by atoms with Crippen LogP contribution in [-0.4, -0.2) is 41.0 Å². The third-order valence-corrected chi connectivity index (χ3v) is 6.14. The van der Waals surface area contributed by atoms with E-state index in [-0.39, 0.29) is 6.04 Å². The third kappa shape index (κ3) is 3.77. The SMILES string of the molecule is CC(c1nc2ccccc2s1)N1CCN(c2ccc(C(F)(F)F)cn2)CC1. The van der Waals surface area contributed by atoms with Gasteiger partial charge in [0.05, 0.1) is 21.8 Å². The molecule has 1 fully saturated rings. The molecule has 4 rings (SSSR count). The van der Waals surface area contributed by atoms with Gasteiger partial charge in [-0.15, -0.1) is 11.3 Å². The number of piperazine rings is 1. The van der Waals surface area contributed by atoms with Crippen molar-refractivity contribution >= 4 is 27.4 Å².